The first-order valence-corrected chi connectivity index (χ1v) is 8.48. The molecular weight excluding hydrogens is 286 g/mol. The first kappa shape index (κ1) is 13.5. The minimum Gasteiger partial charge on any atom is -0.326 e. The number of aromatic nitrogens is 2. The van der Waals surface area contributed by atoms with Crippen LogP contribution < -0.4 is 5.73 Å². The Hall–Kier alpha value is -1.43. The Labute approximate surface area is 126 Å². The van der Waals surface area contributed by atoms with Gasteiger partial charge in [-0.25, -0.2) is 4.98 Å². The molecule has 0 fully saturated rings. The molecule has 20 heavy (non-hydrogen) atoms. The van der Waals surface area contributed by atoms with Crippen molar-refractivity contribution in [1.29, 1.82) is 0 Å². The van der Waals surface area contributed by atoms with E-state index in [1.54, 1.807) is 22.7 Å². The molecule has 5 heteroatoms. The molecule has 0 aliphatic carbocycles. The van der Waals surface area contributed by atoms with Gasteiger partial charge in [0, 0.05) is 18.4 Å². The van der Waals surface area contributed by atoms with Crippen LogP contribution in [-0.2, 0) is 0 Å². The number of thiophene rings is 2. The van der Waals surface area contributed by atoms with Crippen LogP contribution in [0.15, 0.2) is 46.7 Å². The lowest BCUT2D eigenvalue weighted by Crippen LogP contribution is -2.32. The lowest BCUT2D eigenvalue weighted by atomic mass is 10.0. The third kappa shape index (κ3) is 2.44. The summed E-state index contributed by atoms with van der Waals surface area (Å²) in [6.45, 7) is 2.13. The van der Waals surface area contributed by atoms with Gasteiger partial charge in [0.25, 0.3) is 0 Å². The average molecular weight is 303 g/mol. The Kier molecular flexibility index (Phi) is 4.00. The molecule has 0 radical (unpaired) electrons. The van der Waals surface area contributed by atoms with Gasteiger partial charge in [0.1, 0.15) is 0 Å². The van der Waals surface area contributed by atoms with Crippen molar-refractivity contribution in [3.8, 4) is 10.7 Å². The van der Waals surface area contributed by atoms with Crippen LogP contribution in [0, 0.1) is 0 Å². The molecule has 3 aromatic rings. The molecule has 0 bridgehead atoms. The predicted octanol–water partition coefficient (Wildman–Crippen LogP) is 4.00. The van der Waals surface area contributed by atoms with Crippen LogP contribution in [0.1, 0.15) is 24.9 Å². The van der Waals surface area contributed by atoms with E-state index < -0.39 is 0 Å². The van der Waals surface area contributed by atoms with Gasteiger partial charge in [-0.3, -0.25) is 0 Å². The summed E-state index contributed by atoms with van der Waals surface area (Å²) < 4.78 is 2.21. The molecule has 3 heterocycles. The second-order valence-corrected chi connectivity index (χ2v) is 6.44. The zero-order valence-electron chi connectivity index (χ0n) is 11.3. The number of hydrogen-bond acceptors (Lipinski definition) is 4. The summed E-state index contributed by atoms with van der Waals surface area (Å²) in [5.74, 6) is 1.00. The monoisotopic (exact) mass is 303 g/mol. The van der Waals surface area contributed by atoms with Gasteiger partial charge in [-0.2, -0.15) is 11.3 Å². The summed E-state index contributed by atoms with van der Waals surface area (Å²) in [5, 5.41) is 6.36. The number of nitrogens with two attached hydrogens (primary N) is 1. The first-order chi connectivity index (χ1) is 9.81. The van der Waals surface area contributed by atoms with E-state index in [-0.39, 0.29) is 12.1 Å². The average Bonchev–Trinajstić information content (AvgIpc) is 3.20. The fourth-order valence-electron chi connectivity index (χ4n) is 2.41. The predicted molar refractivity (Wildman–Crippen MR) is 86.3 cm³/mol. The van der Waals surface area contributed by atoms with Gasteiger partial charge in [0.2, 0.25) is 0 Å². The quantitative estimate of drug-likeness (QED) is 0.774. The van der Waals surface area contributed by atoms with Crippen LogP contribution in [0.25, 0.3) is 10.7 Å². The Morgan fingerprint density at radius 1 is 1.35 bits per heavy atom. The summed E-state index contributed by atoms with van der Waals surface area (Å²) in [7, 11) is 0. The maximum absolute atomic E-state index is 6.38. The highest BCUT2D eigenvalue weighted by atomic mass is 32.1. The van der Waals surface area contributed by atoms with Crippen LogP contribution >= 0.6 is 22.7 Å². The Bertz CT molecular complexity index is 641. The fourth-order valence-corrected chi connectivity index (χ4v) is 3.83. The molecule has 0 saturated carbocycles. The molecule has 3 aromatic heterocycles. The van der Waals surface area contributed by atoms with Gasteiger partial charge in [-0.1, -0.05) is 13.0 Å². The molecule has 0 spiro atoms. The third-order valence-corrected chi connectivity index (χ3v) is 5.04. The van der Waals surface area contributed by atoms with Gasteiger partial charge in [0.05, 0.1) is 10.9 Å². The normalized spacial score (nSPS) is 14.3. The zero-order chi connectivity index (χ0) is 13.9. The lowest BCUT2D eigenvalue weighted by molar-refractivity contribution is 0.463. The number of hydrogen-bond donors (Lipinski definition) is 1. The minimum absolute atomic E-state index is 0.0810. The van der Waals surface area contributed by atoms with E-state index in [0.29, 0.717) is 0 Å². The Morgan fingerprint density at radius 2 is 2.25 bits per heavy atom. The van der Waals surface area contributed by atoms with Crippen molar-refractivity contribution in [3.63, 3.8) is 0 Å². The van der Waals surface area contributed by atoms with E-state index >= 15 is 0 Å². The topological polar surface area (TPSA) is 43.8 Å². The largest absolute Gasteiger partial charge is 0.326 e. The molecule has 2 atom stereocenters. The SMILES string of the molecule is CCC(N)C(c1ccsc1)n1ccnc1-c1cccs1. The smallest absolute Gasteiger partial charge is 0.150 e. The summed E-state index contributed by atoms with van der Waals surface area (Å²) in [6, 6.07) is 6.54. The Morgan fingerprint density at radius 3 is 2.90 bits per heavy atom. The van der Waals surface area contributed by atoms with E-state index in [0.717, 1.165) is 12.2 Å². The van der Waals surface area contributed by atoms with Crippen molar-refractivity contribution in [2.24, 2.45) is 5.73 Å². The molecule has 2 unspecified atom stereocenters. The van der Waals surface area contributed by atoms with E-state index in [1.165, 1.54) is 10.4 Å². The van der Waals surface area contributed by atoms with Crippen molar-refractivity contribution in [2.45, 2.75) is 25.4 Å². The van der Waals surface area contributed by atoms with Crippen LogP contribution in [-0.4, -0.2) is 15.6 Å². The third-order valence-electron chi connectivity index (χ3n) is 3.47. The highest BCUT2D eigenvalue weighted by Gasteiger charge is 2.23. The molecule has 0 aromatic carbocycles. The molecule has 104 valence electrons. The molecule has 0 saturated heterocycles. The molecule has 0 aliphatic rings. The number of rotatable bonds is 5. The van der Waals surface area contributed by atoms with Gasteiger partial charge in [0.15, 0.2) is 5.82 Å². The summed E-state index contributed by atoms with van der Waals surface area (Å²) in [6.07, 6.45) is 4.83. The maximum atomic E-state index is 6.38. The second-order valence-electron chi connectivity index (χ2n) is 4.71. The van der Waals surface area contributed by atoms with E-state index in [4.69, 9.17) is 5.73 Å². The van der Waals surface area contributed by atoms with Crippen LogP contribution in [0.2, 0.25) is 0 Å². The molecule has 3 rings (SSSR count). The van der Waals surface area contributed by atoms with E-state index in [9.17, 15) is 0 Å². The van der Waals surface area contributed by atoms with Crippen molar-refractivity contribution in [3.05, 3.63) is 52.3 Å². The van der Waals surface area contributed by atoms with Crippen LogP contribution in [0.3, 0.4) is 0 Å². The van der Waals surface area contributed by atoms with Crippen molar-refractivity contribution < 1.29 is 0 Å². The minimum atomic E-state index is 0.0810. The standard InChI is InChI=1S/C15H17N3S2/c1-2-12(16)14(11-5-9-19-10-11)18-7-6-17-15(18)13-4-3-8-20-13/h3-10,12,14H,2,16H2,1H3. The number of nitrogens with zero attached hydrogens (tertiary/aromatic N) is 2. The van der Waals surface area contributed by atoms with Gasteiger partial charge >= 0.3 is 0 Å². The van der Waals surface area contributed by atoms with Gasteiger partial charge < -0.3 is 10.3 Å². The fraction of sp³-hybridized carbons (Fsp3) is 0.267. The summed E-state index contributed by atoms with van der Waals surface area (Å²) >= 11 is 3.42. The first-order valence-electron chi connectivity index (χ1n) is 6.65. The molecule has 0 amide bonds. The van der Waals surface area contributed by atoms with Crippen molar-refractivity contribution >= 4 is 22.7 Å². The second kappa shape index (κ2) is 5.91. The van der Waals surface area contributed by atoms with Crippen molar-refractivity contribution in [1.82, 2.24) is 9.55 Å². The summed E-state index contributed by atoms with van der Waals surface area (Å²) in [4.78, 5) is 5.71. The number of imidazole rings is 1. The van der Waals surface area contributed by atoms with Crippen LogP contribution in [0.5, 0.6) is 0 Å². The van der Waals surface area contributed by atoms with E-state index in [2.05, 4.69) is 50.8 Å². The Balaban J connectivity index is 2.07. The maximum Gasteiger partial charge on any atom is 0.150 e. The lowest BCUT2D eigenvalue weighted by Gasteiger charge is -2.25. The molecular formula is C15H17N3S2. The van der Waals surface area contributed by atoms with Crippen molar-refractivity contribution in [2.75, 3.05) is 0 Å². The highest BCUT2D eigenvalue weighted by Crippen LogP contribution is 2.31. The molecule has 3 nitrogen and oxygen atoms in total. The van der Waals surface area contributed by atoms with Gasteiger partial charge in [-0.15, -0.1) is 11.3 Å². The van der Waals surface area contributed by atoms with Crippen LogP contribution in [0.4, 0.5) is 0 Å². The summed E-state index contributed by atoms with van der Waals surface area (Å²) in [5.41, 5.74) is 7.65. The van der Waals surface area contributed by atoms with E-state index in [1.807, 2.05) is 12.4 Å². The zero-order valence-corrected chi connectivity index (χ0v) is 12.9. The highest BCUT2D eigenvalue weighted by molar-refractivity contribution is 7.13. The molecule has 0 aliphatic heterocycles. The van der Waals surface area contributed by atoms with Gasteiger partial charge in [-0.05, 0) is 40.3 Å². The molecule has 2 N–H and O–H groups in total.